The zero-order chi connectivity index (χ0) is 14.4. The molecule has 0 aliphatic carbocycles. The molecule has 0 saturated heterocycles. The minimum atomic E-state index is -0.315. The van der Waals surface area contributed by atoms with Crippen LogP contribution in [0.25, 0.3) is 0 Å². The quantitative estimate of drug-likeness (QED) is 0.879. The van der Waals surface area contributed by atoms with Gasteiger partial charge >= 0.3 is 0 Å². The fraction of sp³-hybridized carbons (Fsp3) is 0.250. The molecule has 1 atom stereocenters. The molecule has 2 aromatic carbocycles. The standard InChI is InChI=1S/C16H18FNO2/c1-2-19-15-5-3-4-6-16(15)20-11-14(18)12-7-9-13(17)10-8-12/h3-10,14H,2,11,18H2,1H3. The highest BCUT2D eigenvalue weighted by atomic mass is 19.1. The van der Waals surface area contributed by atoms with E-state index in [1.807, 2.05) is 31.2 Å². The van der Waals surface area contributed by atoms with Crippen LogP contribution in [0.15, 0.2) is 48.5 Å². The van der Waals surface area contributed by atoms with Crippen molar-refractivity contribution >= 4 is 0 Å². The first kappa shape index (κ1) is 14.3. The molecule has 20 heavy (non-hydrogen) atoms. The molecule has 2 aromatic rings. The van der Waals surface area contributed by atoms with E-state index < -0.39 is 0 Å². The van der Waals surface area contributed by atoms with Crippen molar-refractivity contribution in [3.63, 3.8) is 0 Å². The number of benzene rings is 2. The third-order valence-corrected chi connectivity index (χ3v) is 2.87. The van der Waals surface area contributed by atoms with Crippen LogP contribution in [0.2, 0.25) is 0 Å². The van der Waals surface area contributed by atoms with Crippen molar-refractivity contribution in [2.75, 3.05) is 13.2 Å². The van der Waals surface area contributed by atoms with Crippen LogP contribution >= 0.6 is 0 Å². The summed E-state index contributed by atoms with van der Waals surface area (Å²) in [6.07, 6.45) is 0. The molecule has 0 saturated carbocycles. The van der Waals surface area contributed by atoms with Crippen molar-refractivity contribution in [3.8, 4) is 11.5 Å². The molecule has 0 aliphatic heterocycles. The number of ether oxygens (including phenoxy) is 2. The minimum absolute atomic E-state index is 0.274. The molecule has 0 aromatic heterocycles. The van der Waals surface area contributed by atoms with E-state index >= 15 is 0 Å². The smallest absolute Gasteiger partial charge is 0.161 e. The molecule has 3 nitrogen and oxygen atoms in total. The van der Waals surface area contributed by atoms with E-state index in [1.54, 1.807) is 12.1 Å². The maximum atomic E-state index is 12.8. The van der Waals surface area contributed by atoms with E-state index in [0.717, 1.165) is 5.56 Å². The van der Waals surface area contributed by atoms with Gasteiger partial charge in [0, 0.05) is 0 Å². The van der Waals surface area contributed by atoms with Crippen LogP contribution < -0.4 is 15.2 Å². The summed E-state index contributed by atoms with van der Waals surface area (Å²) in [7, 11) is 0. The van der Waals surface area contributed by atoms with E-state index in [4.69, 9.17) is 15.2 Å². The van der Waals surface area contributed by atoms with Crippen molar-refractivity contribution in [2.24, 2.45) is 5.73 Å². The predicted molar refractivity (Wildman–Crippen MR) is 76.4 cm³/mol. The number of hydrogen-bond acceptors (Lipinski definition) is 3. The molecule has 0 spiro atoms. The number of rotatable bonds is 6. The SMILES string of the molecule is CCOc1ccccc1OCC(N)c1ccc(F)cc1. The summed E-state index contributed by atoms with van der Waals surface area (Å²) in [5, 5.41) is 0. The van der Waals surface area contributed by atoms with Gasteiger partial charge in [0.1, 0.15) is 12.4 Å². The first-order valence-corrected chi connectivity index (χ1v) is 6.56. The average Bonchev–Trinajstić information content (AvgIpc) is 2.47. The van der Waals surface area contributed by atoms with Gasteiger partial charge in [0.05, 0.1) is 12.6 Å². The lowest BCUT2D eigenvalue weighted by molar-refractivity contribution is 0.261. The Hall–Kier alpha value is -2.07. The van der Waals surface area contributed by atoms with Gasteiger partial charge in [0.2, 0.25) is 0 Å². The molecular weight excluding hydrogens is 257 g/mol. The summed E-state index contributed by atoms with van der Waals surface area (Å²) in [5.41, 5.74) is 6.86. The Kier molecular flexibility index (Phi) is 4.96. The Morgan fingerprint density at radius 3 is 2.20 bits per heavy atom. The summed E-state index contributed by atoms with van der Waals surface area (Å²) >= 11 is 0. The van der Waals surface area contributed by atoms with Crippen molar-refractivity contribution in [1.29, 1.82) is 0 Å². The van der Waals surface area contributed by atoms with Crippen LogP contribution in [0.5, 0.6) is 11.5 Å². The molecule has 0 radical (unpaired) electrons. The molecule has 106 valence electrons. The summed E-state index contributed by atoms with van der Waals surface area (Å²) in [6, 6.07) is 13.2. The van der Waals surface area contributed by atoms with Gasteiger partial charge in [-0.15, -0.1) is 0 Å². The third kappa shape index (κ3) is 3.71. The number of para-hydroxylation sites is 2. The third-order valence-electron chi connectivity index (χ3n) is 2.87. The highest BCUT2D eigenvalue weighted by molar-refractivity contribution is 5.39. The molecule has 2 N–H and O–H groups in total. The second kappa shape index (κ2) is 6.91. The molecule has 0 heterocycles. The maximum absolute atomic E-state index is 12.8. The van der Waals surface area contributed by atoms with E-state index in [1.165, 1.54) is 12.1 Å². The zero-order valence-electron chi connectivity index (χ0n) is 11.4. The largest absolute Gasteiger partial charge is 0.490 e. The number of hydrogen-bond donors (Lipinski definition) is 1. The van der Waals surface area contributed by atoms with Gasteiger partial charge < -0.3 is 15.2 Å². The molecule has 4 heteroatoms. The average molecular weight is 275 g/mol. The Bertz CT molecular complexity index is 542. The molecule has 0 fully saturated rings. The van der Waals surface area contributed by atoms with Gasteiger partial charge in [0.15, 0.2) is 11.5 Å². The van der Waals surface area contributed by atoms with Crippen molar-refractivity contribution in [2.45, 2.75) is 13.0 Å². The van der Waals surface area contributed by atoms with Crippen LogP contribution in [0, 0.1) is 5.82 Å². The van der Waals surface area contributed by atoms with Crippen LogP contribution in [0.1, 0.15) is 18.5 Å². The Morgan fingerprint density at radius 2 is 1.60 bits per heavy atom. The summed E-state index contributed by atoms with van der Waals surface area (Å²) in [4.78, 5) is 0. The summed E-state index contributed by atoms with van der Waals surface area (Å²) < 4.78 is 24.0. The van der Waals surface area contributed by atoms with Gasteiger partial charge in [-0.3, -0.25) is 0 Å². The molecule has 0 bridgehead atoms. The van der Waals surface area contributed by atoms with Gasteiger partial charge in [0.25, 0.3) is 0 Å². The number of nitrogens with two attached hydrogens (primary N) is 1. The second-order valence-corrected chi connectivity index (χ2v) is 4.35. The van der Waals surface area contributed by atoms with Crippen molar-refractivity contribution < 1.29 is 13.9 Å². The van der Waals surface area contributed by atoms with Crippen LogP contribution in [0.3, 0.4) is 0 Å². The van der Waals surface area contributed by atoms with E-state index in [0.29, 0.717) is 24.7 Å². The van der Waals surface area contributed by atoms with Crippen LogP contribution in [-0.4, -0.2) is 13.2 Å². The van der Waals surface area contributed by atoms with Crippen LogP contribution in [-0.2, 0) is 0 Å². The highest BCUT2D eigenvalue weighted by Gasteiger charge is 2.09. The Balaban J connectivity index is 1.99. The Labute approximate surface area is 118 Å². The number of halogens is 1. The monoisotopic (exact) mass is 275 g/mol. The highest BCUT2D eigenvalue weighted by Crippen LogP contribution is 2.27. The lowest BCUT2D eigenvalue weighted by atomic mass is 10.1. The Morgan fingerprint density at radius 1 is 1.00 bits per heavy atom. The normalized spacial score (nSPS) is 11.9. The minimum Gasteiger partial charge on any atom is -0.490 e. The first-order valence-electron chi connectivity index (χ1n) is 6.56. The van der Waals surface area contributed by atoms with Gasteiger partial charge in [-0.2, -0.15) is 0 Å². The molecular formula is C16H18FNO2. The second-order valence-electron chi connectivity index (χ2n) is 4.35. The summed E-state index contributed by atoms with van der Waals surface area (Å²) in [5.74, 6) is 1.08. The fourth-order valence-electron chi connectivity index (χ4n) is 1.83. The molecule has 0 aliphatic rings. The molecule has 0 amide bonds. The van der Waals surface area contributed by atoms with Crippen LogP contribution in [0.4, 0.5) is 4.39 Å². The fourth-order valence-corrected chi connectivity index (χ4v) is 1.83. The molecule has 1 unspecified atom stereocenters. The first-order chi connectivity index (χ1) is 9.70. The summed E-state index contributed by atoms with van der Waals surface area (Å²) in [6.45, 7) is 2.79. The van der Waals surface area contributed by atoms with E-state index in [-0.39, 0.29) is 11.9 Å². The lowest BCUT2D eigenvalue weighted by Gasteiger charge is -2.15. The molecule has 2 rings (SSSR count). The van der Waals surface area contributed by atoms with Gasteiger partial charge in [-0.05, 0) is 36.8 Å². The van der Waals surface area contributed by atoms with Gasteiger partial charge in [-0.1, -0.05) is 24.3 Å². The van der Waals surface area contributed by atoms with Crippen molar-refractivity contribution in [1.82, 2.24) is 0 Å². The predicted octanol–water partition coefficient (Wildman–Crippen LogP) is 3.30. The zero-order valence-corrected chi connectivity index (χ0v) is 11.4. The van der Waals surface area contributed by atoms with E-state index in [2.05, 4.69) is 0 Å². The van der Waals surface area contributed by atoms with Crippen molar-refractivity contribution in [3.05, 3.63) is 59.9 Å². The van der Waals surface area contributed by atoms with E-state index in [9.17, 15) is 4.39 Å². The topological polar surface area (TPSA) is 44.5 Å². The maximum Gasteiger partial charge on any atom is 0.161 e. The lowest BCUT2D eigenvalue weighted by Crippen LogP contribution is -2.19. The van der Waals surface area contributed by atoms with Gasteiger partial charge in [-0.25, -0.2) is 4.39 Å².